The van der Waals surface area contributed by atoms with Gasteiger partial charge in [0.25, 0.3) is 0 Å². The third-order valence-corrected chi connectivity index (χ3v) is 2.93. The van der Waals surface area contributed by atoms with Crippen molar-refractivity contribution in [1.29, 1.82) is 5.26 Å². The predicted molar refractivity (Wildman–Crippen MR) is 66.5 cm³/mol. The van der Waals surface area contributed by atoms with Crippen molar-refractivity contribution in [3.63, 3.8) is 0 Å². The molecule has 5 heteroatoms. The molecule has 1 aromatic rings. The highest BCUT2D eigenvalue weighted by atomic mass is 35.5. The first-order chi connectivity index (χ1) is 8.61. The van der Waals surface area contributed by atoms with Gasteiger partial charge in [-0.15, -0.1) is 0 Å². The lowest BCUT2D eigenvalue weighted by molar-refractivity contribution is -0.116. The average Bonchev–Trinajstić information content (AvgIpc) is 3.18. The Bertz CT molecular complexity index is 559. The summed E-state index contributed by atoms with van der Waals surface area (Å²) in [6.45, 7) is 0. The molecule has 0 unspecified atom stereocenters. The Hall–Kier alpha value is -1.86. The first-order valence-corrected chi connectivity index (χ1v) is 5.85. The van der Waals surface area contributed by atoms with Crippen LogP contribution in [0.4, 0.5) is 10.1 Å². The van der Waals surface area contributed by atoms with Gasteiger partial charge in [-0.05, 0) is 31.0 Å². The molecule has 0 heterocycles. The fraction of sp³-hybridized carbons (Fsp3) is 0.231. The van der Waals surface area contributed by atoms with Gasteiger partial charge in [0, 0.05) is 17.8 Å². The van der Waals surface area contributed by atoms with Crippen molar-refractivity contribution in [2.45, 2.75) is 12.8 Å². The molecule has 0 amide bonds. The minimum atomic E-state index is -0.513. The molecule has 3 nitrogen and oxygen atoms in total. The van der Waals surface area contributed by atoms with E-state index in [4.69, 9.17) is 16.9 Å². The first-order valence-electron chi connectivity index (χ1n) is 5.48. The molecule has 1 aliphatic rings. The van der Waals surface area contributed by atoms with Crippen LogP contribution in [-0.2, 0) is 4.79 Å². The van der Waals surface area contributed by atoms with Crippen LogP contribution in [0.3, 0.4) is 0 Å². The van der Waals surface area contributed by atoms with Gasteiger partial charge in [0.2, 0.25) is 0 Å². The summed E-state index contributed by atoms with van der Waals surface area (Å²) in [4.78, 5) is 11.7. The highest BCUT2D eigenvalue weighted by Crippen LogP contribution is 2.32. The van der Waals surface area contributed by atoms with Crippen LogP contribution in [0.2, 0.25) is 5.02 Å². The molecule has 1 N–H and O–H groups in total. The number of rotatable bonds is 4. The zero-order valence-corrected chi connectivity index (χ0v) is 10.2. The molecule has 0 aromatic heterocycles. The highest BCUT2D eigenvalue weighted by Gasteiger charge is 2.31. The number of hydrogen-bond acceptors (Lipinski definition) is 3. The lowest BCUT2D eigenvalue weighted by Crippen LogP contribution is -2.05. The number of carbonyl (C=O) groups is 1. The maximum atomic E-state index is 12.9. The molecular formula is C13H10ClFN2O. The Morgan fingerprint density at radius 1 is 1.56 bits per heavy atom. The summed E-state index contributed by atoms with van der Waals surface area (Å²) >= 11 is 5.62. The molecule has 1 aliphatic carbocycles. The molecule has 0 atom stereocenters. The van der Waals surface area contributed by atoms with Crippen molar-refractivity contribution in [2.75, 3.05) is 5.32 Å². The second-order valence-electron chi connectivity index (χ2n) is 4.08. The van der Waals surface area contributed by atoms with E-state index in [1.165, 1.54) is 24.4 Å². The van der Waals surface area contributed by atoms with Crippen molar-refractivity contribution < 1.29 is 9.18 Å². The second-order valence-corrected chi connectivity index (χ2v) is 4.49. The van der Waals surface area contributed by atoms with Crippen LogP contribution in [0, 0.1) is 23.1 Å². The summed E-state index contributed by atoms with van der Waals surface area (Å²) in [6.07, 6.45) is 3.03. The number of allylic oxidation sites excluding steroid dienone is 1. The van der Waals surface area contributed by atoms with Crippen LogP contribution < -0.4 is 5.32 Å². The summed E-state index contributed by atoms with van der Waals surface area (Å²) in [7, 11) is 0. The maximum Gasteiger partial charge on any atom is 0.177 e. The van der Waals surface area contributed by atoms with E-state index in [2.05, 4.69) is 5.32 Å². The van der Waals surface area contributed by atoms with E-state index in [-0.39, 0.29) is 22.3 Å². The summed E-state index contributed by atoms with van der Waals surface area (Å²) in [6, 6.07) is 5.95. The number of halogens is 2. The number of nitrogens with one attached hydrogen (secondary N) is 1. The molecule has 0 aliphatic heterocycles. The van der Waals surface area contributed by atoms with Crippen LogP contribution in [0.1, 0.15) is 12.8 Å². The van der Waals surface area contributed by atoms with Crippen molar-refractivity contribution in [2.24, 2.45) is 5.92 Å². The summed E-state index contributed by atoms with van der Waals surface area (Å²) < 4.78 is 12.9. The number of nitriles is 1. The number of hydrogen-bond donors (Lipinski definition) is 1. The Morgan fingerprint density at radius 2 is 2.28 bits per heavy atom. The van der Waals surface area contributed by atoms with Gasteiger partial charge in [0.15, 0.2) is 5.78 Å². The van der Waals surface area contributed by atoms with Crippen LogP contribution >= 0.6 is 11.6 Å². The molecule has 0 radical (unpaired) electrons. The van der Waals surface area contributed by atoms with Gasteiger partial charge in [0.05, 0.1) is 5.02 Å². The molecule has 1 fully saturated rings. The molecule has 0 bridgehead atoms. The summed E-state index contributed by atoms with van der Waals surface area (Å²) in [5.41, 5.74) is 0.607. The summed E-state index contributed by atoms with van der Waals surface area (Å²) in [5, 5.41) is 11.6. The molecule has 92 valence electrons. The first kappa shape index (κ1) is 12.6. The number of benzene rings is 1. The molecular weight excluding hydrogens is 255 g/mol. The van der Waals surface area contributed by atoms with E-state index in [0.717, 1.165) is 12.8 Å². The quantitative estimate of drug-likeness (QED) is 0.671. The van der Waals surface area contributed by atoms with Gasteiger partial charge in [0.1, 0.15) is 17.5 Å². The minimum Gasteiger partial charge on any atom is -0.360 e. The van der Waals surface area contributed by atoms with E-state index in [0.29, 0.717) is 5.69 Å². The molecule has 2 rings (SSSR count). The van der Waals surface area contributed by atoms with Crippen molar-refractivity contribution in [1.82, 2.24) is 0 Å². The van der Waals surface area contributed by atoms with Crippen LogP contribution in [-0.4, -0.2) is 5.78 Å². The largest absolute Gasteiger partial charge is 0.360 e. The highest BCUT2D eigenvalue weighted by molar-refractivity contribution is 6.31. The number of nitrogens with zero attached hydrogens (tertiary/aromatic N) is 1. The lowest BCUT2D eigenvalue weighted by atomic mass is 10.1. The van der Waals surface area contributed by atoms with E-state index < -0.39 is 5.82 Å². The second kappa shape index (κ2) is 5.19. The van der Waals surface area contributed by atoms with Gasteiger partial charge in [-0.3, -0.25) is 4.79 Å². The predicted octanol–water partition coefficient (Wildman–Crippen LogP) is 3.28. The maximum absolute atomic E-state index is 12.9. The Kier molecular flexibility index (Phi) is 3.63. The molecule has 1 aromatic carbocycles. The topological polar surface area (TPSA) is 52.9 Å². The van der Waals surface area contributed by atoms with Gasteiger partial charge in [-0.1, -0.05) is 11.6 Å². The smallest absolute Gasteiger partial charge is 0.177 e. The fourth-order valence-corrected chi connectivity index (χ4v) is 1.65. The van der Waals surface area contributed by atoms with Gasteiger partial charge >= 0.3 is 0 Å². The Balaban J connectivity index is 2.10. The zero-order valence-electron chi connectivity index (χ0n) is 9.41. The number of Topliss-reactive ketones (excluding diaryl/α,β-unsaturated/α-hetero) is 1. The van der Waals surface area contributed by atoms with Gasteiger partial charge in [-0.2, -0.15) is 5.26 Å². The van der Waals surface area contributed by atoms with Crippen molar-refractivity contribution in [3.05, 3.63) is 40.8 Å². The van der Waals surface area contributed by atoms with E-state index in [1.807, 2.05) is 6.07 Å². The molecule has 0 saturated heterocycles. The van der Waals surface area contributed by atoms with E-state index >= 15 is 0 Å². The van der Waals surface area contributed by atoms with Crippen LogP contribution in [0.5, 0.6) is 0 Å². The monoisotopic (exact) mass is 264 g/mol. The van der Waals surface area contributed by atoms with E-state index in [1.54, 1.807) is 0 Å². The molecule has 18 heavy (non-hydrogen) atoms. The van der Waals surface area contributed by atoms with Crippen molar-refractivity contribution >= 4 is 23.1 Å². The molecule has 1 saturated carbocycles. The third kappa shape index (κ3) is 2.88. The third-order valence-electron chi connectivity index (χ3n) is 2.64. The number of carbonyl (C=O) groups excluding carboxylic acids is 1. The fourth-order valence-electron chi connectivity index (χ4n) is 1.47. The molecule has 0 spiro atoms. The normalized spacial score (nSPS) is 15.1. The SMILES string of the molecule is N#C/C(=C/Nc1ccc(F)c(Cl)c1)C(=O)C1CC1. The number of ketones is 1. The standard InChI is InChI=1S/C13H10ClFN2O/c14-11-5-10(3-4-12(11)15)17-7-9(6-16)13(18)8-1-2-8/h3-5,7-8,17H,1-2H2/b9-7-. The Labute approximate surface area is 109 Å². The van der Waals surface area contributed by atoms with Gasteiger partial charge < -0.3 is 5.32 Å². The van der Waals surface area contributed by atoms with Crippen LogP contribution in [0.25, 0.3) is 0 Å². The summed E-state index contributed by atoms with van der Waals surface area (Å²) in [5.74, 6) is -0.659. The van der Waals surface area contributed by atoms with Gasteiger partial charge in [-0.25, -0.2) is 4.39 Å². The van der Waals surface area contributed by atoms with Crippen LogP contribution in [0.15, 0.2) is 30.0 Å². The Morgan fingerprint density at radius 3 is 2.83 bits per heavy atom. The lowest BCUT2D eigenvalue weighted by Gasteiger charge is -2.03. The zero-order chi connectivity index (χ0) is 13.1. The number of anilines is 1. The minimum absolute atomic E-state index is 0.00509. The van der Waals surface area contributed by atoms with E-state index in [9.17, 15) is 9.18 Å². The average molecular weight is 265 g/mol. The van der Waals surface area contributed by atoms with Crippen molar-refractivity contribution in [3.8, 4) is 6.07 Å².